The fourth-order valence-electron chi connectivity index (χ4n) is 1.84. The molecule has 0 spiro atoms. The molecule has 17 heavy (non-hydrogen) atoms. The molecule has 1 aliphatic heterocycles. The summed E-state index contributed by atoms with van der Waals surface area (Å²) in [5.41, 5.74) is -0.223. The Morgan fingerprint density at radius 2 is 1.71 bits per heavy atom. The van der Waals surface area contributed by atoms with E-state index in [-0.39, 0.29) is 17.4 Å². The highest BCUT2D eigenvalue weighted by molar-refractivity contribution is 5.71. The number of rotatable bonds is 7. The Morgan fingerprint density at radius 1 is 1.12 bits per heavy atom. The van der Waals surface area contributed by atoms with Gasteiger partial charge in [-0.1, -0.05) is 0 Å². The van der Waals surface area contributed by atoms with Crippen molar-refractivity contribution in [3.05, 3.63) is 0 Å². The van der Waals surface area contributed by atoms with Crippen LogP contribution >= 0.6 is 0 Å². The molecule has 1 aliphatic rings. The molecule has 1 rings (SSSR count). The third-order valence-corrected chi connectivity index (χ3v) is 2.81. The fourth-order valence-corrected chi connectivity index (χ4v) is 1.84. The average Bonchev–Trinajstić information content (AvgIpc) is 2.22. The van der Waals surface area contributed by atoms with E-state index in [9.17, 15) is 9.59 Å². The summed E-state index contributed by atoms with van der Waals surface area (Å²) >= 11 is 0. The summed E-state index contributed by atoms with van der Waals surface area (Å²) < 4.78 is 14.9. The van der Waals surface area contributed by atoms with E-state index in [1.807, 2.05) is 0 Å². The van der Waals surface area contributed by atoms with Gasteiger partial charge in [0.05, 0.1) is 32.8 Å². The van der Waals surface area contributed by atoms with Crippen molar-refractivity contribution in [1.82, 2.24) is 0 Å². The Labute approximate surface area is 101 Å². The minimum atomic E-state index is -0.223. The van der Waals surface area contributed by atoms with Crippen LogP contribution in [0.2, 0.25) is 0 Å². The first-order valence-corrected chi connectivity index (χ1v) is 6.01. The minimum absolute atomic E-state index is 0.220. The van der Waals surface area contributed by atoms with Crippen LogP contribution in [0, 0.1) is 5.41 Å². The summed E-state index contributed by atoms with van der Waals surface area (Å²) in [5.74, 6) is -0.442. The predicted molar refractivity (Wildman–Crippen MR) is 60.4 cm³/mol. The van der Waals surface area contributed by atoms with E-state index in [1.54, 1.807) is 13.8 Å². The Hall–Kier alpha value is -1.10. The van der Waals surface area contributed by atoms with Crippen molar-refractivity contribution in [2.45, 2.75) is 33.1 Å². The van der Waals surface area contributed by atoms with Crippen LogP contribution in [-0.2, 0) is 23.8 Å². The number of hydrogen-bond acceptors (Lipinski definition) is 5. The topological polar surface area (TPSA) is 61.8 Å². The zero-order valence-electron chi connectivity index (χ0n) is 10.5. The molecule has 0 aromatic heterocycles. The molecular weight excluding hydrogens is 224 g/mol. The van der Waals surface area contributed by atoms with Crippen LogP contribution in [-0.4, -0.2) is 38.4 Å². The molecule has 0 atom stereocenters. The molecular formula is C12H20O5. The van der Waals surface area contributed by atoms with Crippen molar-refractivity contribution >= 4 is 11.9 Å². The third kappa shape index (κ3) is 4.34. The van der Waals surface area contributed by atoms with Gasteiger partial charge in [-0.05, 0) is 20.3 Å². The van der Waals surface area contributed by atoms with E-state index in [0.717, 1.165) is 0 Å². The zero-order chi connectivity index (χ0) is 12.7. The molecule has 0 aliphatic carbocycles. The highest BCUT2D eigenvalue weighted by Gasteiger charge is 2.41. The molecule has 0 saturated carbocycles. The molecule has 5 heteroatoms. The third-order valence-electron chi connectivity index (χ3n) is 2.81. The Bertz CT molecular complexity index is 270. The standard InChI is InChI=1S/C12H20O5/c1-3-16-10(13)5-6-12(8-15-9-12)7-11(14)17-4-2/h3-9H2,1-2H3. The smallest absolute Gasteiger partial charge is 0.306 e. The van der Waals surface area contributed by atoms with Gasteiger partial charge in [-0.25, -0.2) is 0 Å². The maximum atomic E-state index is 11.4. The average molecular weight is 244 g/mol. The zero-order valence-corrected chi connectivity index (χ0v) is 10.5. The molecule has 0 N–H and O–H groups in total. The molecule has 98 valence electrons. The van der Waals surface area contributed by atoms with E-state index in [4.69, 9.17) is 14.2 Å². The monoisotopic (exact) mass is 244 g/mol. The lowest BCUT2D eigenvalue weighted by molar-refractivity contribution is -0.166. The molecule has 0 bridgehead atoms. The van der Waals surface area contributed by atoms with Crippen LogP contribution < -0.4 is 0 Å². The number of hydrogen-bond donors (Lipinski definition) is 0. The normalized spacial score (nSPS) is 17.1. The van der Waals surface area contributed by atoms with E-state index >= 15 is 0 Å². The van der Waals surface area contributed by atoms with Crippen LogP contribution in [0.1, 0.15) is 33.1 Å². The lowest BCUT2D eigenvalue weighted by Crippen LogP contribution is -2.44. The van der Waals surface area contributed by atoms with Gasteiger partial charge in [-0.15, -0.1) is 0 Å². The predicted octanol–water partition coefficient (Wildman–Crippen LogP) is 1.30. The van der Waals surface area contributed by atoms with Crippen LogP contribution in [0.5, 0.6) is 0 Å². The second-order valence-electron chi connectivity index (χ2n) is 4.28. The summed E-state index contributed by atoms with van der Waals surface area (Å²) in [6.07, 6.45) is 1.27. The first kappa shape index (κ1) is 14.0. The molecule has 0 radical (unpaired) electrons. The Kier molecular flexibility index (Phi) is 5.41. The second-order valence-corrected chi connectivity index (χ2v) is 4.28. The van der Waals surface area contributed by atoms with Crippen molar-refractivity contribution in [2.75, 3.05) is 26.4 Å². The number of carbonyl (C=O) groups is 2. The highest BCUT2D eigenvalue weighted by Crippen LogP contribution is 2.36. The van der Waals surface area contributed by atoms with E-state index in [1.165, 1.54) is 0 Å². The van der Waals surface area contributed by atoms with Crippen molar-refractivity contribution in [1.29, 1.82) is 0 Å². The van der Waals surface area contributed by atoms with Gasteiger partial charge in [0.2, 0.25) is 0 Å². The molecule has 0 aromatic carbocycles. The lowest BCUT2D eigenvalue weighted by Gasteiger charge is -2.40. The molecule has 1 fully saturated rings. The summed E-state index contributed by atoms with van der Waals surface area (Å²) in [7, 11) is 0. The van der Waals surface area contributed by atoms with Crippen LogP contribution in [0.4, 0.5) is 0 Å². The van der Waals surface area contributed by atoms with Crippen LogP contribution in [0.25, 0.3) is 0 Å². The van der Waals surface area contributed by atoms with Gasteiger partial charge in [-0.3, -0.25) is 9.59 Å². The van der Waals surface area contributed by atoms with Gasteiger partial charge in [0, 0.05) is 11.8 Å². The van der Waals surface area contributed by atoms with Gasteiger partial charge in [0.1, 0.15) is 0 Å². The molecule has 0 aromatic rings. The highest BCUT2D eigenvalue weighted by atomic mass is 16.5. The number of ether oxygens (including phenoxy) is 3. The first-order valence-electron chi connectivity index (χ1n) is 6.01. The van der Waals surface area contributed by atoms with Crippen molar-refractivity contribution in [3.63, 3.8) is 0 Å². The van der Waals surface area contributed by atoms with E-state index in [0.29, 0.717) is 45.7 Å². The van der Waals surface area contributed by atoms with Crippen LogP contribution in [0.15, 0.2) is 0 Å². The Balaban J connectivity index is 2.35. The van der Waals surface area contributed by atoms with Crippen LogP contribution in [0.3, 0.4) is 0 Å². The first-order chi connectivity index (χ1) is 8.12. The summed E-state index contributed by atoms with van der Waals surface area (Å²) in [6, 6.07) is 0. The van der Waals surface area contributed by atoms with E-state index in [2.05, 4.69) is 0 Å². The molecule has 0 unspecified atom stereocenters. The molecule has 1 saturated heterocycles. The summed E-state index contributed by atoms with van der Waals surface area (Å²) in [4.78, 5) is 22.7. The summed E-state index contributed by atoms with van der Waals surface area (Å²) in [6.45, 7) is 5.36. The van der Waals surface area contributed by atoms with Gasteiger partial charge < -0.3 is 14.2 Å². The van der Waals surface area contributed by atoms with Gasteiger partial charge in [0.15, 0.2) is 0 Å². The summed E-state index contributed by atoms with van der Waals surface area (Å²) in [5, 5.41) is 0. The maximum Gasteiger partial charge on any atom is 0.306 e. The van der Waals surface area contributed by atoms with Crippen molar-refractivity contribution < 1.29 is 23.8 Å². The maximum absolute atomic E-state index is 11.4. The van der Waals surface area contributed by atoms with Crippen molar-refractivity contribution in [2.24, 2.45) is 5.41 Å². The fraction of sp³-hybridized carbons (Fsp3) is 0.833. The minimum Gasteiger partial charge on any atom is -0.466 e. The number of carbonyl (C=O) groups excluding carboxylic acids is 2. The number of esters is 2. The van der Waals surface area contributed by atoms with Gasteiger partial charge in [-0.2, -0.15) is 0 Å². The lowest BCUT2D eigenvalue weighted by atomic mass is 9.78. The van der Waals surface area contributed by atoms with Gasteiger partial charge in [0.25, 0.3) is 0 Å². The van der Waals surface area contributed by atoms with Gasteiger partial charge >= 0.3 is 11.9 Å². The second kappa shape index (κ2) is 6.59. The van der Waals surface area contributed by atoms with Crippen molar-refractivity contribution in [3.8, 4) is 0 Å². The van der Waals surface area contributed by atoms with E-state index < -0.39 is 0 Å². The Morgan fingerprint density at radius 3 is 2.18 bits per heavy atom. The molecule has 1 heterocycles. The quantitative estimate of drug-likeness (QED) is 0.632. The molecule has 0 amide bonds. The SMILES string of the molecule is CCOC(=O)CCC1(CC(=O)OCC)COC1. The largest absolute Gasteiger partial charge is 0.466 e. The molecule has 5 nitrogen and oxygen atoms in total.